The largest absolute Gasteiger partial charge is 0.462 e. The molecule has 0 fully saturated rings. The molecule has 6 nitrogen and oxygen atoms in total. The van der Waals surface area contributed by atoms with E-state index < -0.39 is 6.10 Å². The minimum Gasteiger partial charge on any atom is -0.462 e. The molecule has 52 heavy (non-hydrogen) atoms. The number of carbonyl (C=O) groups is 3. The maximum atomic E-state index is 12.7. The summed E-state index contributed by atoms with van der Waals surface area (Å²) in [5.74, 6) is 0.765. The van der Waals surface area contributed by atoms with Crippen LogP contribution in [0.15, 0.2) is 0 Å². The van der Waals surface area contributed by atoms with Crippen molar-refractivity contribution in [3.05, 3.63) is 0 Å². The van der Waals surface area contributed by atoms with E-state index in [4.69, 9.17) is 14.2 Å². The Morgan fingerprint density at radius 1 is 0.404 bits per heavy atom. The first-order valence-electron chi connectivity index (χ1n) is 22.8. The maximum Gasteiger partial charge on any atom is 0.306 e. The predicted octanol–water partition coefficient (Wildman–Crippen LogP) is 14.2. The quantitative estimate of drug-likeness (QED) is 0.0354. The van der Waals surface area contributed by atoms with Crippen LogP contribution in [0.4, 0.5) is 0 Å². The van der Waals surface area contributed by atoms with Crippen molar-refractivity contribution in [1.29, 1.82) is 0 Å². The van der Waals surface area contributed by atoms with Gasteiger partial charge in [-0.2, -0.15) is 0 Å². The standard InChI is InChI=1S/C46H88O6/c1-6-8-9-10-11-12-13-14-15-21-26-31-36-44(47)50-39-43(40-51-45(48)37-32-27-23-18-19-24-29-34-41(3)4)52-46(49)38-33-28-22-17-16-20-25-30-35-42(5)7-2/h41-43H,6-40H2,1-5H3/t42?,43-/m0/s1. The number of hydrogen-bond donors (Lipinski definition) is 0. The molecule has 0 spiro atoms. The number of carbonyl (C=O) groups excluding carboxylic acids is 3. The van der Waals surface area contributed by atoms with Gasteiger partial charge < -0.3 is 14.2 Å². The molecule has 0 aliphatic heterocycles. The zero-order valence-corrected chi connectivity index (χ0v) is 35.4. The first kappa shape index (κ1) is 50.4. The van der Waals surface area contributed by atoms with Gasteiger partial charge in [0, 0.05) is 19.3 Å². The Balaban J connectivity index is 4.35. The summed E-state index contributed by atoms with van der Waals surface area (Å²) in [5, 5.41) is 0. The van der Waals surface area contributed by atoms with Gasteiger partial charge in [-0.05, 0) is 31.1 Å². The fraction of sp³-hybridized carbons (Fsp3) is 0.935. The molecule has 0 rings (SSSR count). The van der Waals surface area contributed by atoms with Crippen LogP contribution in [0.5, 0.6) is 0 Å². The lowest BCUT2D eigenvalue weighted by Gasteiger charge is -2.18. The SMILES string of the molecule is CCCCCCCCCCCCCCC(=O)OC[C@@H](COC(=O)CCCCCCCCCC(C)C)OC(=O)CCCCCCCCCCC(C)CC. The molecule has 0 aliphatic carbocycles. The highest BCUT2D eigenvalue weighted by Gasteiger charge is 2.19. The highest BCUT2D eigenvalue weighted by Crippen LogP contribution is 2.17. The van der Waals surface area contributed by atoms with E-state index in [1.54, 1.807) is 0 Å². The monoisotopic (exact) mass is 737 g/mol. The summed E-state index contributed by atoms with van der Waals surface area (Å²) in [7, 11) is 0. The lowest BCUT2D eigenvalue weighted by Crippen LogP contribution is -2.30. The lowest BCUT2D eigenvalue weighted by molar-refractivity contribution is -0.167. The summed E-state index contributed by atoms with van der Waals surface area (Å²) in [6.07, 6.45) is 36.6. The van der Waals surface area contributed by atoms with E-state index in [1.807, 2.05) is 0 Å². The van der Waals surface area contributed by atoms with Crippen molar-refractivity contribution in [2.24, 2.45) is 11.8 Å². The van der Waals surface area contributed by atoms with E-state index in [2.05, 4.69) is 34.6 Å². The van der Waals surface area contributed by atoms with Gasteiger partial charge in [-0.15, -0.1) is 0 Å². The average Bonchev–Trinajstić information content (AvgIpc) is 3.12. The number of hydrogen-bond acceptors (Lipinski definition) is 6. The summed E-state index contributed by atoms with van der Waals surface area (Å²) in [4.78, 5) is 37.7. The molecule has 0 amide bonds. The second-order valence-corrected chi connectivity index (χ2v) is 16.4. The van der Waals surface area contributed by atoms with Crippen LogP contribution < -0.4 is 0 Å². The van der Waals surface area contributed by atoms with Gasteiger partial charge in [-0.1, -0.05) is 208 Å². The molecule has 0 saturated heterocycles. The summed E-state index contributed by atoms with van der Waals surface area (Å²) in [5.41, 5.74) is 0. The summed E-state index contributed by atoms with van der Waals surface area (Å²) < 4.78 is 16.7. The van der Waals surface area contributed by atoms with Crippen molar-refractivity contribution in [1.82, 2.24) is 0 Å². The molecule has 308 valence electrons. The van der Waals surface area contributed by atoms with Crippen molar-refractivity contribution >= 4 is 17.9 Å². The predicted molar refractivity (Wildman–Crippen MR) is 220 cm³/mol. The molecule has 0 heterocycles. The van der Waals surface area contributed by atoms with Crippen LogP contribution in [0.2, 0.25) is 0 Å². The number of unbranched alkanes of at least 4 members (excludes halogenated alkanes) is 24. The van der Waals surface area contributed by atoms with Gasteiger partial charge in [0.05, 0.1) is 0 Å². The summed E-state index contributed by atoms with van der Waals surface area (Å²) in [6, 6.07) is 0. The summed E-state index contributed by atoms with van der Waals surface area (Å²) in [6.45, 7) is 11.3. The highest BCUT2D eigenvalue weighted by molar-refractivity contribution is 5.71. The van der Waals surface area contributed by atoms with Gasteiger partial charge in [0.25, 0.3) is 0 Å². The minimum absolute atomic E-state index is 0.0655. The molecule has 0 aromatic heterocycles. The molecule has 0 aliphatic rings. The Bertz CT molecular complexity index is 796. The van der Waals surface area contributed by atoms with E-state index in [1.165, 1.54) is 135 Å². The normalized spacial score (nSPS) is 12.6. The molecule has 0 aromatic rings. The Morgan fingerprint density at radius 3 is 1.10 bits per heavy atom. The van der Waals surface area contributed by atoms with Crippen LogP contribution in [0.1, 0.15) is 247 Å². The second-order valence-electron chi connectivity index (χ2n) is 16.4. The Hall–Kier alpha value is -1.59. The molecule has 0 bridgehead atoms. The zero-order chi connectivity index (χ0) is 38.3. The molecule has 0 radical (unpaired) electrons. The van der Waals surface area contributed by atoms with Crippen LogP contribution >= 0.6 is 0 Å². The first-order valence-corrected chi connectivity index (χ1v) is 22.8. The van der Waals surface area contributed by atoms with E-state index in [0.717, 1.165) is 69.6 Å². The zero-order valence-electron chi connectivity index (χ0n) is 35.4. The van der Waals surface area contributed by atoms with Crippen molar-refractivity contribution in [3.63, 3.8) is 0 Å². The Kier molecular flexibility index (Phi) is 37.9. The van der Waals surface area contributed by atoms with Crippen molar-refractivity contribution in [2.75, 3.05) is 13.2 Å². The second kappa shape index (κ2) is 39.1. The third-order valence-electron chi connectivity index (χ3n) is 10.6. The Labute approximate surface area is 323 Å². The van der Waals surface area contributed by atoms with Gasteiger partial charge in [-0.25, -0.2) is 0 Å². The summed E-state index contributed by atoms with van der Waals surface area (Å²) >= 11 is 0. The van der Waals surface area contributed by atoms with Crippen LogP contribution in [0.3, 0.4) is 0 Å². The fourth-order valence-corrected chi connectivity index (χ4v) is 6.72. The van der Waals surface area contributed by atoms with E-state index >= 15 is 0 Å². The van der Waals surface area contributed by atoms with Crippen molar-refractivity contribution in [3.8, 4) is 0 Å². The van der Waals surface area contributed by atoms with Gasteiger partial charge in [0.15, 0.2) is 6.10 Å². The van der Waals surface area contributed by atoms with Crippen LogP contribution in [-0.2, 0) is 28.6 Å². The number of esters is 3. The van der Waals surface area contributed by atoms with E-state index in [0.29, 0.717) is 19.3 Å². The molecule has 1 unspecified atom stereocenters. The van der Waals surface area contributed by atoms with Gasteiger partial charge in [-0.3, -0.25) is 14.4 Å². The van der Waals surface area contributed by atoms with E-state index in [-0.39, 0.29) is 31.1 Å². The molecule has 0 N–H and O–H groups in total. The average molecular weight is 737 g/mol. The molecule has 0 aromatic carbocycles. The van der Waals surface area contributed by atoms with Crippen LogP contribution in [0, 0.1) is 11.8 Å². The fourth-order valence-electron chi connectivity index (χ4n) is 6.72. The number of ether oxygens (including phenoxy) is 3. The van der Waals surface area contributed by atoms with Gasteiger partial charge >= 0.3 is 17.9 Å². The highest BCUT2D eigenvalue weighted by atomic mass is 16.6. The molecule has 2 atom stereocenters. The van der Waals surface area contributed by atoms with Crippen LogP contribution in [-0.4, -0.2) is 37.2 Å². The smallest absolute Gasteiger partial charge is 0.306 e. The van der Waals surface area contributed by atoms with Crippen molar-refractivity contribution in [2.45, 2.75) is 253 Å². The van der Waals surface area contributed by atoms with E-state index in [9.17, 15) is 14.4 Å². The third kappa shape index (κ3) is 38.1. The topological polar surface area (TPSA) is 78.9 Å². The molecular formula is C46H88O6. The molecule has 6 heteroatoms. The molecule has 0 saturated carbocycles. The lowest BCUT2D eigenvalue weighted by atomic mass is 9.99. The molecular weight excluding hydrogens is 648 g/mol. The minimum atomic E-state index is -0.761. The first-order chi connectivity index (χ1) is 25.3. The Morgan fingerprint density at radius 2 is 0.731 bits per heavy atom. The van der Waals surface area contributed by atoms with Crippen LogP contribution in [0.25, 0.3) is 0 Å². The number of rotatable bonds is 40. The maximum absolute atomic E-state index is 12.7. The van der Waals surface area contributed by atoms with Crippen molar-refractivity contribution < 1.29 is 28.6 Å². The van der Waals surface area contributed by atoms with Gasteiger partial charge in [0.2, 0.25) is 0 Å². The van der Waals surface area contributed by atoms with Gasteiger partial charge in [0.1, 0.15) is 13.2 Å². The third-order valence-corrected chi connectivity index (χ3v) is 10.6.